The summed E-state index contributed by atoms with van der Waals surface area (Å²) in [5, 5.41) is 9.27. The van der Waals surface area contributed by atoms with Crippen LogP contribution in [-0.4, -0.2) is 55.5 Å². The molecule has 1 aromatic heterocycles. The van der Waals surface area contributed by atoms with Crippen molar-refractivity contribution in [3.05, 3.63) is 47.8 Å². The van der Waals surface area contributed by atoms with Crippen molar-refractivity contribution in [2.24, 2.45) is 11.7 Å². The Kier molecular flexibility index (Phi) is 13.9. The number of primary amides is 1. The fourth-order valence-electron chi connectivity index (χ4n) is 2.61. The normalized spacial score (nSPS) is 12.7. The Labute approximate surface area is 207 Å². The lowest BCUT2D eigenvalue weighted by Gasteiger charge is -2.12. The molecule has 1 unspecified atom stereocenters. The molecule has 0 bridgehead atoms. The second-order valence-corrected chi connectivity index (χ2v) is 8.05. The second kappa shape index (κ2) is 16.3. The number of aryl methyl sites for hydroxylation is 1. The first-order valence-electron chi connectivity index (χ1n) is 11.6. The van der Waals surface area contributed by atoms with Gasteiger partial charge in [0.25, 0.3) is 5.91 Å². The quantitative estimate of drug-likeness (QED) is 0.377. The van der Waals surface area contributed by atoms with Gasteiger partial charge < -0.3 is 29.8 Å². The molecule has 3 N–H and O–H groups in total. The fraction of sp³-hybridized carbons (Fsp3) is 0.500. The van der Waals surface area contributed by atoms with Crippen molar-refractivity contribution in [2.45, 2.75) is 52.6 Å². The minimum absolute atomic E-state index is 0.0124. The van der Waals surface area contributed by atoms with E-state index in [0.717, 1.165) is 24.7 Å². The van der Waals surface area contributed by atoms with Gasteiger partial charge in [0, 0.05) is 31.7 Å². The van der Waals surface area contributed by atoms with E-state index in [0.29, 0.717) is 13.0 Å². The first kappa shape index (κ1) is 29.7. The lowest BCUT2D eigenvalue weighted by molar-refractivity contribution is -0.148. The Morgan fingerprint density at radius 1 is 1.14 bits per heavy atom. The number of ether oxygens (including phenoxy) is 4. The van der Waals surface area contributed by atoms with Crippen LogP contribution in [0.4, 0.5) is 0 Å². The predicted octanol–water partition coefficient (Wildman–Crippen LogP) is 4.04. The van der Waals surface area contributed by atoms with Crippen molar-refractivity contribution >= 4 is 11.9 Å². The van der Waals surface area contributed by atoms with E-state index in [4.69, 9.17) is 24.7 Å². The molecular formula is C26H38N2O7. The summed E-state index contributed by atoms with van der Waals surface area (Å²) in [5.41, 5.74) is 6.00. The van der Waals surface area contributed by atoms with Gasteiger partial charge in [-0.05, 0) is 44.7 Å². The van der Waals surface area contributed by atoms with Crippen molar-refractivity contribution < 1.29 is 33.6 Å². The molecule has 3 rings (SSSR count). The number of amides is 1. The number of methoxy groups -OCH3 is 2. The van der Waals surface area contributed by atoms with Crippen LogP contribution >= 0.6 is 0 Å². The SMILES string of the molecule is CCC(=O)OC(C)CCOCC1CC1.COc1ccc(C)cc1.COc1ccnc(C(N)=O)c1O. The highest BCUT2D eigenvalue weighted by Gasteiger charge is 2.21. The van der Waals surface area contributed by atoms with E-state index < -0.39 is 5.91 Å². The van der Waals surface area contributed by atoms with Gasteiger partial charge in [-0.15, -0.1) is 0 Å². The standard InChI is InChI=1S/C11H20O3.C8H10O.C7H8N2O3/c1-3-11(12)14-9(2)6-7-13-8-10-4-5-10;1-7-3-5-8(9-2)6-4-7;1-12-4-2-3-9-5(6(4)10)7(8)11/h9-10H,3-8H2,1-2H3;3-6H,1-2H3;2-3,10H,1H3,(H2,8,11). The first-order valence-corrected chi connectivity index (χ1v) is 11.6. The van der Waals surface area contributed by atoms with Gasteiger partial charge in [-0.1, -0.05) is 24.6 Å². The minimum Gasteiger partial charge on any atom is -0.503 e. The van der Waals surface area contributed by atoms with Crippen LogP contribution in [0.3, 0.4) is 0 Å². The number of aromatic hydroxyl groups is 1. The highest BCUT2D eigenvalue weighted by molar-refractivity contribution is 5.94. The zero-order chi connectivity index (χ0) is 26.2. The summed E-state index contributed by atoms with van der Waals surface area (Å²) in [7, 11) is 3.05. The number of carbonyl (C=O) groups is 2. The molecule has 35 heavy (non-hydrogen) atoms. The molecule has 1 saturated carbocycles. The van der Waals surface area contributed by atoms with Crippen LogP contribution in [-0.2, 0) is 14.3 Å². The highest BCUT2D eigenvalue weighted by Crippen LogP contribution is 2.29. The summed E-state index contributed by atoms with van der Waals surface area (Å²) in [5.74, 6) is 0.668. The Morgan fingerprint density at radius 3 is 2.31 bits per heavy atom. The Balaban J connectivity index is 0.000000269. The lowest BCUT2D eigenvalue weighted by Crippen LogP contribution is -2.16. The summed E-state index contributed by atoms with van der Waals surface area (Å²) in [6, 6.07) is 9.39. The maximum Gasteiger partial charge on any atom is 0.305 e. The molecule has 0 saturated heterocycles. The molecule has 9 nitrogen and oxygen atoms in total. The van der Waals surface area contributed by atoms with E-state index in [-0.39, 0.29) is 29.3 Å². The number of aromatic nitrogens is 1. The fourth-order valence-corrected chi connectivity index (χ4v) is 2.61. The van der Waals surface area contributed by atoms with Gasteiger partial charge in [0.15, 0.2) is 17.2 Å². The monoisotopic (exact) mass is 490 g/mol. The second-order valence-electron chi connectivity index (χ2n) is 8.05. The number of hydrogen-bond donors (Lipinski definition) is 2. The summed E-state index contributed by atoms with van der Waals surface area (Å²) in [4.78, 5) is 25.1. The van der Waals surface area contributed by atoms with Gasteiger partial charge in [0.2, 0.25) is 0 Å². The Hall–Kier alpha value is -3.33. The molecule has 1 aliphatic carbocycles. The summed E-state index contributed by atoms with van der Waals surface area (Å²) < 4.78 is 20.3. The van der Waals surface area contributed by atoms with E-state index in [1.165, 1.54) is 37.8 Å². The molecule has 1 aromatic carbocycles. The van der Waals surface area contributed by atoms with Crippen LogP contribution in [0.1, 0.15) is 55.6 Å². The molecule has 1 heterocycles. The molecule has 9 heteroatoms. The maximum atomic E-state index is 10.9. The van der Waals surface area contributed by atoms with Crippen LogP contribution in [0.2, 0.25) is 0 Å². The Morgan fingerprint density at radius 2 is 1.80 bits per heavy atom. The number of esters is 1. The maximum absolute atomic E-state index is 10.9. The van der Waals surface area contributed by atoms with Gasteiger partial charge in [0.1, 0.15) is 11.9 Å². The molecule has 0 spiro atoms. The summed E-state index contributed by atoms with van der Waals surface area (Å²) >= 11 is 0. The topological polar surface area (TPSA) is 130 Å². The number of hydrogen-bond acceptors (Lipinski definition) is 8. The van der Waals surface area contributed by atoms with Crippen LogP contribution in [0.5, 0.6) is 17.2 Å². The zero-order valence-electron chi connectivity index (χ0n) is 21.3. The summed E-state index contributed by atoms with van der Waals surface area (Å²) in [6.45, 7) is 7.36. The van der Waals surface area contributed by atoms with Crippen LogP contribution in [0.15, 0.2) is 36.5 Å². The molecule has 0 radical (unpaired) electrons. The average molecular weight is 491 g/mol. The van der Waals surface area contributed by atoms with Gasteiger partial charge >= 0.3 is 5.97 Å². The van der Waals surface area contributed by atoms with E-state index >= 15 is 0 Å². The van der Waals surface area contributed by atoms with Gasteiger partial charge in [-0.2, -0.15) is 0 Å². The number of nitrogens with zero attached hydrogens (tertiary/aromatic N) is 1. The van der Waals surface area contributed by atoms with Gasteiger partial charge in [-0.3, -0.25) is 9.59 Å². The zero-order valence-corrected chi connectivity index (χ0v) is 21.3. The number of rotatable bonds is 10. The molecule has 1 aliphatic rings. The van der Waals surface area contributed by atoms with E-state index in [9.17, 15) is 14.7 Å². The average Bonchev–Trinajstić information content (AvgIpc) is 3.67. The van der Waals surface area contributed by atoms with E-state index in [1.54, 1.807) is 14.0 Å². The van der Waals surface area contributed by atoms with Crippen molar-refractivity contribution in [1.82, 2.24) is 4.98 Å². The first-order chi connectivity index (χ1) is 16.7. The smallest absolute Gasteiger partial charge is 0.305 e. The molecular weight excluding hydrogens is 452 g/mol. The van der Waals surface area contributed by atoms with Gasteiger partial charge in [-0.25, -0.2) is 4.98 Å². The molecule has 1 amide bonds. The predicted molar refractivity (Wildman–Crippen MR) is 133 cm³/mol. The third-order valence-electron chi connectivity index (χ3n) is 4.94. The largest absolute Gasteiger partial charge is 0.503 e. The number of pyridine rings is 1. The molecule has 1 atom stereocenters. The number of carbonyl (C=O) groups excluding carboxylic acids is 2. The molecule has 2 aromatic rings. The van der Waals surface area contributed by atoms with E-state index in [2.05, 4.69) is 11.9 Å². The lowest BCUT2D eigenvalue weighted by atomic mass is 10.2. The Bertz CT molecular complexity index is 899. The van der Waals surface area contributed by atoms with Crippen LogP contribution < -0.4 is 15.2 Å². The third kappa shape index (κ3) is 12.6. The summed E-state index contributed by atoms with van der Waals surface area (Å²) in [6.07, 6.45) is 5.21. The van der Waals surface area contributed by atoms with Gasteiger partial charge in [0.05, 0.1) is 20.8 Å². The highest BCUT2D eigenvalue weighted by atomic mass is 16.5. The number of benzene rings is 1. The third-order valence-corrected chi connectivity index (χ3v) is 4.94. The van der Waals surface area contributed by atoms with Crippen LogP contribution in [0, 0.1) is 12.8 Å². The van der Waals surface area contributed by atoms with Crippen molar-refractivity contribution in [3.8, 4) is 17.2 Å². The van der Waals surface area contributed by atoms with Crippen LogP contribution in [0.25, 0.3) is 0 Å². The molecule has 1 fully saturated rings. The van der Waals surface area contributed by atoms with Crippen molar-refractivity contribution in [2.75, 3.05) is 27.4 Å². The van der Waals surface area contributed by atoms with Crippen molar-refractivity contribution in [3.63, 3.8) is 0 Å². The molecule has 0 aliphatic heterocycles. The van der Waals surface area contributed by atoms with E-state index in [1.807, 2.05) is 31.2 Å². The number of nitrogens with two attached hydrogens (primary N) is 1. The molecule has 194 valence electrons. The van der Waals surface area contributed by atoms with Crippen molar-refractivity contribution in [1.29, 1.82) is 0 Å². The minimum atomic E-state index is -0.786.